The van der Waals surface area contributed by atoms with Crippen LogP contribution in [0.15, 0.2) is 0 Å². The first-order valence-corrected chi connectivity index (χ1v) is 2.70. The van der Waals surface area contributed by atoms with Gasteiger partial charge in [0, 0.05) is 7.11 Å². The highest BCUT2D eigenvalue weighted by atomic mass is 79.9. The molecule has 0 aliphatic carbocycles. The number of halogens is 1. The summed E-state index contributed by atoms with van der Waals surface area (Å²) < 4.78 is 4.41. The predicted molar refractivity (Wildman–Crippen MR) is 26.8 cm³/mol. The second kappa shape index (κ2) is 3.59. The molecule has 0 unspecified atom stereocenters. The lowest BCUT2D eigenvalue weighted by atomic mass is 10.8. The summed E-state index contributed by atoms with van der Waals surface area (Å²) in [6.07, 6.45) is -0.648. The Morgan fingerprint density at radius 1 is 2.00 bits per heavy atom. The van der Waals surface area contributed by atoms with E-state index in [9.17, 15) is 0 Å². The Kier molecular flexibility index (Phi) is 3.82. The number of hydrogen-bond donors (Lipinski definition) is 1. The largest absolute Gasteiger partial charge is 0.367 e. The van der Waals surface area contributed by atoms with Crippen LogP contribution in [-0.2, 0) is 4.74 Å². The van der Waals surface area contributed by atoms with E-state index in [-0.39, 0.29) is 0 Å². The van der Waals surface area contributed by atoms with Gasteiger partial charge in [-0.1, -0.05) is 15.9 Å². The lowest BCUT2D eigenvalue weighted by Crippen LogP contribution is -2.08. The minimum Gasteiger partial charge on any atom is -0.367 e. The molecule has 1 atom stereocenters. The maximum Gasteiger partial charge on any atom is 0.163 e. The van der Waals surface area contributed by atoms with Gasteiger partial charge in [0.15, 0.2) is 6.29 Å². The van der Waals surface area contributed by atoms with E-state index < -0.39 is 6.29 Å². The highest BCUT2D eigenvalue weighted by Crippen LogP contribution is 1.87. The van der Waals surface area contributed by atoms with E-state index in [2.05, 4.69) is 20.7 Å². The normalized spacial score (nSPS) is 14.5. The predicted octanol–water partition coefficient (Wildman–Crippen LogP) is 0.346. The summed E-state index contributed by atoms with van der Waals surface area (Å²) in [5.74, 6) is 0. The van der Waals surface area contributed by atoms with Gasteiger partial charge in [0.05, 0.1) is 5.33 Å². The molecule has 0 aromatic rings. The fourth-order valence-electron chi connectivity index (χ4n) is 0.0630. The molecule has 0 spiro atoms. The van der Waals surface area contributed by atoms with Crippen LogP contribution in [0.1, 0.15) is 0 Å². The lowest BCUT2D eigenvalue weighted by Gasteiger charge is -1.99. The second-order valence-corrected chi connectivity index (χ2v) is 1.49. The van der Waals surface area contributed by atoms with Gasteiger partial charge >= 0.3 is 0 Å². The number of rotatable bonds is 2. The van der Waals surface area contributed by atoms with Crippen LogP contribution in [0, 0.1) is 0 Å². The summed E-state index contributed by atoms with van der Waals surface area (Å²) in [6, 6.07) is 0. The summed E-state index contributed by atoms with van der Waals surface area (Å²) in [7, 11) is 1.45. The van der Waals surface area contributed by atoms with Crippen LogP contribution in [0.25, 0.3) is 0 Å². The quantitative estimate of drug-likeness (QED) is 0.460. The van der Waals surface area contributed by atoms with Gasteiger partial charge in [-0.05, 0) is 0 Å². The van der Waals surface area contributed by atoms with E-state index in [1.165, 1.54) is 7.11 Å². The third kappa shape index (κ3) is 2.63. The Morgan fingerprint density at radius 2 is 2.50 bits per heavy atom. The third-order valence-corrected chi connectivity index (χ3v) is 0.958. The zero-order chi connectivity index (χ0) is 4.99. The molecule has 0 aromatic heterocycles. The van der Waals surface area contributed by atoms with E-state index >= 15 is 0 Å². The van der Waals surface area contributed by atoms with Crippen molar-refractivity contribution in [3.8, 4) is 0 Å². The smallest absolute Gasteiger partial charge is 0.163 e. The van der Waals surface area contributed by atoms with E-state index in [0.29, 0.717) is 5.33 Å². The van der Waals surface area contributed by atoms with Crippen molar-refractivity contribution in [3.63, 3.8) is 0 Å². The Bertz CT molecular complexity index is 28.0. The van der Waals surface area contributed by atoms with Crippen molar-refractivity contribution in [2.45, 2.75) is 6.29 Å². The minimum atomic E-state index is -0.648. The van der Waals surface area contributed by atoms with Crippen molar-refractivity contribution in [2.75, 3.05) is 12.4 Å². The Balaban J connectivity index is 2.75. The minimum absolute atomic E-state index is 0.476. The zero-order valence-electron chi connectivity index (χ0n) is 3.52. The van der Waals surface area contributed by atoms with Gasteiger partial charge in [-0.15, -0.1) is 0 Å². The van der Waals surface area contributed by atoms with Gasteiger partial charge in [-0.3, -0.25) is 0 Å². The lowest BCUT2D eigenvalue weighted by molar-refractivity contribution is -0.0537. The average Bonchev–Trinajstić information content (AvgIpc) is 1.65. The Hall–Kier alpha value is 0.400. The summed E-state index contributed by atoms with van der Waals surface area (Å²) in [5.41, 5.74) is 0. The van der Waals surface area contributed by atoms with Gasteiger partial charge in [0.2, 0.25) is 0 Å². The van der Waals surface area contributed by atoms with Crippen molar-refractivity contribution >= 4 is 15.9 Å². The fourth-order valence-corrected chi connectivity index (χ4v) is 0.327. The fraction of sp³-hybridized carbons (Fsp3) is 1.00. The molecular formula is C3H7BrO2. The molecule has 0 amide bonds. The molecule has 0 bridgehead atoms. The van der Waals surface area contributed by atoms with Gasteiger partial charge in [0.25, 0.3) is 0 Å². The van der Waals surface area contributed by atoms with Crippen LogP contribution < -0.4 is 0 Å². The molecule has 0 radical (unpaired) electrons. The molecule has 2 nitrogen and oxygen atoms in total. The van der Waals surface area contributed by atoms with Crippen LogP contribution in [0.5, 0.6) is 0 Å². The summed E-state index contributed by atoms with van der Waals surface area (Å²) in [4.78, 5) is 0. The first-order chi connectivity index (χ1) is 2.81. The van der Waals surface area contributed by atoms with Crippen LogP contribution in [0.4, 0.5) is 0 Å². The van der Waals surface area contributed by atoms with Gasteiger partial charge in [-0.2, -0.15) is 0 Å². The van der Waals surface area contributed by atoms with E-state index in [1.54, 1.807) is 0 Å². The van der Waals surface area contributed by atoms with E-state index in [0.717, 1.165) is 0 Å². The SMILES string of the molecule is CO[C@H](O)CBr. The molecule has 38 valence electrons. The molecule has 0 saturated heterocycles. The molecule has 0 aromatic carbocycles. The molecule has 0 heterocycles. The molecular weight excluding hydrogens is 148 g/mol. The first-order valence-electron chi connectivity index (χ1n) is 1.58. The number of ether oxygens (including phenoxy) is 1. The topological polar surface area (TPSA) is 29.5 Å². The molecule has 0 rings (SSSR count). The first kappa shape index (κ1) is 6.40. The Labute approximate surface area is 45.2 Å². The standard InChI is InChI=1S/C3H7BrO2/c1-6-3(5)2-4/h3,5H,2H2,1H3/t3-/m0/s1. The van der Waals surface area contributed by atoms with Crippen LogP contribution in [0.3, 0.4) is 0 Å². The maximum absolute atomic E-state index is 8.40. The maximum atomic E-state index is 8.40. The number of alkyl halides is 1. The molecule has 0 saturated carbocycles. The molecule has 1 N–H and O–H groups in total. The molecule has 0 aliphatic rings. The van der Waals surface area contributed by atoms with Gasteiger partial charge in [0.1, 0.15) is 0 Å². The monoisotopic (exact) mass is 154 g/mol. The summed E-state index contributed by atoms with van der Waals surface area (Å²) in [6.45, 7) is 0. The van der Waals surface area contributed by atoms with E-state index in [1.807, 2.05) is 0 Å². The van der Waals surface area contributed by atoms with Crippen molar-refractivity contribution in [2.24, 2.45) is 0 Å². The number of methoxy groups -OCH3 is 1. The third-order valence-electron chi connectivity index (χ3n) is 0.404. The van der Waals surface area contributed by atoms with Gasteiger partial charge < -0.3 is 9.84 Å². The van der Waals surface area contributed by atoms with Gasteiger partial charge in [-0.25, -0.2) is 0 Å². The molecule has 0 aliphatic heterocycles. The van der Waals surface area contributed by atoms with E-state index in [4.69, 9.17) is 5.11 Å². The Morgan fingerprint density at radius 3 is 2.50 bits per heavy atom. The molecule has 3 heteroatoms. The average molecular weight is 155 g/mol. The number of aliphatic hydroxyl groups is 1. The molecule has 6 heavy (non-hydrogen) atoms. The highest BCUT2D eigenvalue weighted by Gasteiger charge is 1.92. The van der Waals surface area contributed by atoms with Crippen molar-refractivity contribution < 1.29 is 9.84 Å². The summed E-state index contributed by atoms with van der Waals surface area (Å²) in [5, 5.41) is 8.87. The molecule has 0 fully saturated rings. The number of aliphatic hydroxyl groups excluding tert-OH is 1. The second-order valence-electron chi connectivity index (χ2n) is 0.845. The summed E-state index contributed by atoms with van der Waals surface area (Å²) >= 11 is 3.00. The van der Waals surface area contributed by atoms with Crippen molar-refractivity contribution in [1.82, 2.24) is 0 Å². The number of hydrogen-bond acceptors (Lipinski definition) is 2. The highest BCUT2D eigenvalue weighted by molar-refractivity contribution is 9.09. The van der Waals surface area contributed by atoms with Crippen molar-refractivity contribution in [3.05, 3.63) is 0 Å². The van der Waals surface area contributed by atoms with Crippen LogP contribution in [0.2, 0.25) is 0 Å². The van der Waals surface area contributed by atoms with Crippen LogP contribution in [-0.4, -0.2) is 23.8 Å². The van der Waals surface area contributed by atoms with Crippen LogP contribution >= 0.6 is 15.9 Å². The zero-order valence-corrected chi connectivity index (χ0v) is 5.10. The van der Waals surface area contributed by atoms with Crippen molar-refractivity contribution in [1.29, 1.82) is 0 Å².